The van der Waals surface area contributed by atoms with E-state index >= 15 is 0 Å². The summed E-state index contributed by atoms with van der Waals surface area (Å²) in [5, 5.41) is 9.49. The highest BCUT2D eigenvalue weighted by molar-refractivity contribution is 6.83. The van der Waals surface area contributed by atoms with Gasteiger partial charge in [0.25, 0.3) is 0 Å². The molecule has 1 N–H and O–H groups in total. The van der Waals surface area contributed by atoms with Crippen molar-refractivity contribution >= 4 is 14.0 Å². The minimum absolute atomic E-state index is 0.236. The van der Waals surface area contributed by atoms with Crippen LogP contribution < -0.4 is 0 Å². The summed E-state index contributed by atoms with van der Waals surface area (Å²) in [5.41, 5.74) is 3.10. The van der Waals surface area contributed by atoms with Gasteiger partial charge in [-0.1, -0.05) is 25.6 Å². The molecule has 86 valence electrons. The Bertz CT molecular complexity index is 257. The molecule has 0 spiro atoms. The zero-order chi connectivity index (χ0) is 11.9. The molecule has 0 aliphatic rings. The summed E-state index contributed by atoms with van der Waals surface area (Å²) >= 11 is 0. The van der Waals surface area contributed by atoms with E-state index in [0.717, 1.165) is 0 Å². The number of ether oxygens (including phenoxy) is 1. The van der Waals surface area contributed by atoms with Crippen molar-refractivity contribution in [2.45, 2.75) is 45.0 Å². The fourth-order valence-electron chi connectivity index (χ4n) is 0.914. The van der Waals surface area contributed by atoms with Gasteiger partial charge in [0, 0.05) is 6.42 Å². The van der Waals surface area contributed by atoms with Crippen LogP contribution in [-0.2, 0) is 9.53 Å². The van der Waals surface area contributed by atoms with Gasteiger partial charge in [-0.25, -0.2) is 0 Å². The van der Waals surface area contributed by atoms with Crippen molar-refractivity contribution < 1.29 is 14.6 Å². The average Bonchev–Trinajstić information content (AvgIpc) is 2.13. The van der Waals surface area contributed by atoms with Crippen LogP contribution >= 0.6 is 0 Å². The first-order valence-electron chi connectivity index (χ1n) is 5.13. The molecule has 0 radical (unpaired) electrons. The van der Waals surface area contributed by atoms with Gasteiger partial charge in [-0.2, -0.15) is 0 Å². The van der Waals surface area contributed by atoms with Gasteiger partial charge in [0.05, 0.1) is 7.11 Å². The Balaban J connectivity index is 3.79. The Labute approximate surface area is 92.8 Å². The first-order valence-corrected chi connectivity index (χ1v) is 8.63. The number of aliphatic hydroxyl groups excluding tert-OH is 1. The lowest BCUT2D eigenvalue weighted by molar-refractivity contribution is -0.140. The smallest absolute Gasteiger partial charge is 0.305 e. The molecule has 0 fully saturated rings. The molecule has 0 aromatic rings. The van der Waals surface area contributed by atoms with Crippen molar-refractivity contribution in [3.05, 3.63) is 0 Å². The van der Waals surface area contributed by atoms with E-state index in [2.05, 4.69) is 35.8 Å². The normalized spacial score (nSPS) is 12.6. The van der Waals surface area contributed by atoms with Crippen LogP contribution in [-0.4, -0.2) is 32.4 Å². The molecular formula is C11H20O3Si. The van der Waals surface area contributed by atoms with Gasteiger partial charge < -0.3 is 9.84 Å². The van der Waals surface area contributed by atoms with Crippen molar-refractivity contribution in [1.82, 2.24) is 0 Å². The van der Waals surface area contributed by atoms with E-state index in [1.807, 2.05) is 0 Å². The molecule has 0 aromatic carbocycles. The summed E-state index contributed by atoms with van der Waals surface area (Å²) in [6.45, 7) is 6.38. The van der Waals surface area contributed by atoms with Crippen LogP contribution in [0.25, 0.3) is 0 Å². The quantitative estimate of drug-likeness (QED) is 0.451. The predicted molar refractivity (Wildman–Crippen MR) is 63.0 cm³/mol. The van der Waals surface area contributed by atoms with E-state index in [4.69, 9.17) is 0 Å². The van der Waals surface area contributed by atoms with E-state index in [1.54, 1.807) is 0 Å². The van der Waals surface area contributed by atoms with Gasteiger partial charge in [-0.05, 0) is 12.8 Å². The molecule has 0 saturated carbocycles. The Morgan fingerprint density at radius 3 is 2.53 bits per heavy atom. The third-order valence-electron chi connectivity index (χ3n) is 1.70. The predicted octanol–water partition coefficient (Wildman–Crippen LogP) is 1.57. The summed E-state index contributed by atoms with van der Waals surface area (Å²) in [4.78, 5) is 10.8. The van der Waals surface area contributed by atoms with Gasteiger partial charge in [0.1, 0.15) is 14.2 Å². The summed E-state index contributed by atoms with van der Waals surface area (Å²) in [6, 6.07) is 0. The maximum atomic E-state index is 10.8. The summed E-state index contributed by atoms with van der Waals surface area (Å²) < 4.78 is 4.50. The zero-order valence-electron chi connectivity index (χ0n) is 9.96. The molecule has 0 unspecified atom stereocenters. The maximum Gasteiger partial charge on any atom is 0.305 e. The Hall–Kier alpha value is -0.793. The molecule has 0 heterocycles. The molecule has 3 nitrogen and oxygen atoms in total. The number of hydrogen-bond donors (Lipinski definition) is 1. The highest BCUT2D eigenvalue weighted by atomic mass is 28.3. The summed E-state index contributed by atoms with van der Waals surface area (Å²) in [7, 11) is -0.0358. The van der Waals surface area contributed by atoms with Gasteiger partial charge in [0.2, 0.25) is 0 Å². The van der Waals surface area contributed by atoms with E-state index in [9.17, 15) is 9.90 Å². The van der Waals surface area contributed by atoms with Crippen LogP contribution in [0.15, 0.2) is 0 Å². The number of hydrogen-bond acceptors (Lipinski definition) is 3. The second-order valence-electron chi connectivity index (χ2n) is 4.50. The molecule has 0 bridgehead atoms. The van der Waals surface area contributed by atoms with E-state index in [-0.39, 0.29) is 5.97 Å². The average molecular weight is 228 g/mol. The lowest BCUT2D eigenvalue weighted by Gasteiger charge is -2.06. The topological polar surface area (TPSA) is 46.5 Å². The third kappa shape index (κ3) is 9.51. The number of carbonyl (C=O) groups excluding carboxylic acids is 1. The van der Waals surface area contributed by atoms with Crippen molar-refractivity contribution in [3.8, 4) is 11.5 Å². The highest BCUT2D eigenvalue weighted by Gasteiger charge is 2.09. The molecular weight excluding hydrogens is 208 g/mol. The standard InChI is InChI=1S/C11H20O3Si/c1-14-11(13)7-5-6-10(12)8-9-15(2,3)4/h10,12H,5-7H2,1-4H3/t10-/m1/s1. The third-order valence-corrected chi connectivity index (χ3v) is 2.59. The molecule has 0 rings (SSSR count). The second-order valence-corrected chi connectivity index (χ2v) is 9.25. The van der Waals surface area contributed by atoms with Crippen LogP contribution in [0.2, 0.25) is 19.6 Å². The first kappa shape index (κ1) is 14.2. The first-order chi connectivity index (χ1) is 6.85. The fraction of sp³-hybridized carbons (Fsp3) is 0.727. The number of carbonyl (C=O) groups is 1. The van der Waals surface area contributed by atoms with Crippen LogP contribution in [0, 0.1) is 11.5 Å². The number of methoxy groups -OCH3 is 1. The van der Waals surface area contributed by atoms with Gasteiger partial charge >= 0.3 is 5.97 Å². The SMILES string of the molecule is COC(=O)CCC[C@@H](O)C#C[Si](C)(C)C. The highest BCUT2D eigenvalue weighted by Crippen LogP contribution is 2.02. The van der Waals surface area contributed by atoms with E-state index in [1.165, 1.54) is 7.11 Å². The van der Waals surface area contributed by atoms with Gasteiger partial charge in [-0.15, -0.1) is 5.54 Å². The molecule has 0 aliphatic heterocycles. The van der Waals surface area contributed by atoms with Crippen LogP contribution in [0.5, 0.6) is 0 Å². The van der Waals surface area contributed by atoms with Crippen molar-refractivity contribution in [1.29, 1.82) is 0 Å². The Morgan fingerprint density at radius 1 is 1.47 bits per heavy atom. The van der Waals surface area contributed by atoms with Crippen molar-refractivity contribution in [2.24, 2.45) is 0 Å². The molecule has 1 atom stereocenters. The lowest BCUT2D eigenvalue weighted by atomic mass is 10.1. The largest absolute Gasteiger partial charge is 0.469 e. The molecule has 0 amide bonds. The minimum Gasteiger partial charge on any atom is -0.469 e. The van der Waals surface area contributed by atoms with Crippen LogP contribution in [0.3, 0.4) is 0 Å². The molecule has 0 saturated heterocycles. The molecule has 0 aromatic heterocycles. The second kappa shape index (κ2) is 6.65. The van der Waals surface area contributed by atoms with E-state index in [0.29, 0.717) is 19.3 Å². The number of esters is 1. The van der Waals surface area contributed by atoms with Crippen molar-refractivity contribution in [3.63, 3.8) is 0 Å². The number of aliphatic hydroxyl groups is 1. The Kier molecular flexibility index (Phi) is 6.30. The fourth-order valence-corrected chi connectivity index (χ4v) is 1.51. The molecule has 0 aliphatic carbocycles. The van der Waals surface area contributed by atoms with E-state index < -0.39 is 14.2 Å². The monoisotopic (exact) mass is 228 g/mol. The van der Waals surface area contributed by atoms with Gasteiger partial charge in [0.15, 0.2) is 0 Å². The lowest BCUT2D eigenvalue weighted by Crippen LogP contribution is -2.18. The molecule has 15 heavy (non-hydrogen) atoms. The number of rotatable bonds is 4. The summed E-state index contributed by atoms with van der Waals surface area (Å²) in [5.74, 6) is 2.59. The minimum atomic E-state index is -1.40. The Morgan fingerprint density at radius 2 is 2.07 bits per heavy atom. The zero-order valence-corrected chi connectivity index (χ0v) is 11.0. The van der Waals surface area contributed by atoms with Crippen molar-refractivity contribution in [2.75, 3.05) is 7.11 Å². The van der Waals surface area contributed by atoms with Crippen LogP contribution in [0.4, 0.5) is 0 Å². The molecule has 4 heteroatoms. The summed E-state index contributed by atoms with van der Waals surface area (Å²) in [6.07, 6.45) is 0.893. The van der Waals surface area contributed by atoms with Gasteiger partial charge in [-0.3, -0.25) is 4.79 Å². The maximum absolute atomic E-state index is 10.8. The van der Waals surface area contributed by atoms with Crippen LogP contribution in [0.1, 0.15) is 19.3 Å².